The van der Waals surface area contributed by atoms with Crippen molar-refractivity contribution in [2.75, 3.05) is 0 Å². The predicted molar refractivity (Wildman–Crippen MR) is 124 cm³/mol. The SMILES string of the molecule is Cc1ccccc1C(C)(C)Cc1cccc(O)c1CC(C)(C)c1ccccc1C. The summed E-state index contributed by atoms with van der Waals surface area (Å²) in [6.45, 7) is 13.5. The Morgan fingerprint density at radius 1 is 0.621 bits per heavy atom. The van der Waals surface area contributed by atoms with E-state index in [0.717, 1.165) is 18.4 Å². The molecule has 0 aliphatic carbocycles. The first-order valence-electron chi connectivity index (χ1n) is 10.5. The molecule has 0 aromatic heterocycles. The second kappa shape index (κ2) is 8.06. The van der Waals surface area contributed by atoms with E-state index >= 15 is 0 Å². The number of phenolic OH excluding ortho intramolecular Hbond substituents is 1. The Morgan fingerprint density at radius 2 is 1.10 bits per heavy atom. The molecule has 0 amide bonds. The van der Waals surface area contributed by atoms with Gasteiger partial charge in [0.15, 0.2) is 0 Å². The predicted octanol–water partition coefficient (Wildman–Crippen LogP) is 7.05. The van der Waals surface area contributed by atoms with Crippen molar-refractivity contribution in [1.29, 1.82) is 0 Å². The van der Waals surface area contributed by atoms with Gasteiger partial charge in [0.05, 0.1) is 0 Å². The number of aromatic hydroxyl groups is 1. The molecule has 1 N–H and O–H groups in total. The third-order valence-electron chi connectivity index (χ3n) is 6.25. The van der Waals surface area contributed by atoms with Crippen molar-refractivity contribution in [2.24, 2.45) is 0 Å². The Balaban J connectivity index is 1.98. The lowest BCUT2D eigenvalue weighted by Crippen LogP contribution is -2.25. The average Bonchev–Trinajstić information content (AvgIpc) is 2.65. The summed E-state index contributed by atoms with van der Waals surface area (Å²) in [6, 6.07) is 23.2. The smallest absolute Gasteiger partial charge is 0.119 e. The lowest BCUT2D eigenvalue weighted by atomic mass is 9.73. The number of benzene rings is 3. The molecule has 0 unspecified atom stereocenters. The molecule has 3 aromatic carbocycles. The van der Waals surface area contributed by atoms with E-state index < -0.39 is 0 Å². The van der Waals surface area contributed by atoms with Crippen LogP contribution in [-0.4, -0.2) is 5.11 Å². The van der Waals surface area contributed by atoms with Crippen molar-refractivity contribution in [3.8, 4) is 5.75 Å². The largest absolute Gasteiger partial charge is 0.508 e. The molecule has 0 heterocycles. The van der Waals surface area contributed by atoms with Crippen molar-refractivity contribution in [3.63, 3.8) is 0 Å². The van der Waals surface area contributed by atoms with Gasteiger partial charge in [0, 0.05) is 0 Å². The van der Waals surface area contributed by atoms with E-state index in [1.165, 1.54) is 27.8 Å². The molecule has 0 aliphatic rings. The third kappa shape index (κ3) is 4.56. The number of aryl methyl sites for hydroxylation is 2. The van der Waals surface area contributed by atoms with E-state index in [0.29, 0.717) is 5.75 Å². The van der Waals surface area contributed by atoms with Gasteiger partial charge in [-0.15, -0.1) is 0 Å². The zero-order valence-electron chi connectivity index (χ0n) is 18.7. The Labute approximate surface area is 176 Å². The quantitative estimate of drug-likeness (QED) is 0.481. The fraction of sp³-hybridized carbons (Fsp3) is 0.357. The van der Waals surface area contributed by atoms with Crippen molar-refractivity contribution in [2.45, 2.75) is 65.2 Å². The summed E-state index contributed by atoms with van der Waals surface area (Å²) in [6.07, 6.45) is 1.70. The first-order valence-corrected chi connectivity index (χ1v) is 10.5. The minimum atomic E-state index is -0.0638. The van der Waals surface area contributed by atoms with Crippen molar-refractivity contribution in [3.05, 3.63) is 100 Å². The Morgan fingerprint density at radius 3 is 1.62 bits per heavy atom. The van der Waals surface area contributed by atoms with Crippen molar-refractivity contribution in [1.82, 2.24) is 0 Å². The molecule has 0 atom stereocenters. The average molecular weight is 387 g/mol. The zero-order valence-corrected chi connectivity index (χ0v) is 18.7. The van der Waals surface area contributed by atoms with Crippen LogP contribution >= 0.6 is 0 Å². The monoisotopic (exact) mass is 386 g/mol. The van der Waals surface area contributed by atoms with Crippen LogP contribution in [0.5, 0.6) is 5.75 Å². The molecule has 0 aliphatic heterocycles. The molecule has 1 heteroatoms. The van der Waals surface area contributed by atoms with E-state index in [4.69, 9.17) is 0 Å². The van der Waals surface area contributed by atoms with Gasteiger partial charge in [-0.25, -0.2) is 0 Å². The van der Waals surface area contributed by atoms with Crippen LogP contribution in [0, 0.1) is 13.8 Å². The first-order chi connectivity index (χ1) is 13.6. The molecule has 29 heavy (non-hydrogen) atoms. The summed E-state index contributed by atoms with van der Waals surface area (Å²) in [5.74, 6) is 0.407. The van der Waals surface area contributed by atoms with Gasteiger partial charge in [0.25, 0.3) is 0 Å². The number of hydrogen-bond acceptors (Lipinski definition) is 1. The van der Waals surface area contributed by atoms with Crippen LogP contribution in [0.2, 0.25) is 0 Å². The topological polar surface area (TPSA) is 20.2 Å². The molecular weight excluding hydrogens is 352 g/mol. The summed E-state index contributed by atoms with van der Waals surface area (Å²) in [5.41, 5.74) is 7.56. The fourth-order valence-electron chi connectivity index (χ4n) is 4.76. The molecule has 3 aromatic rings. The first kappa shape index (κ1) is 21.2. The molecule has 3 rings (SSSR count). The maximum absolute atomic E-state index is 10.8. The Kier molecular flexibility index (Phi) is 5.89. The van der Waals surface area contributed by atoms with Gasteiger partial charge in [-0.05, 0) is 77.0 Å². The molecule has 0 saturated heterocycles. The van der Waals surface area contributed by atoms with Gasteiger partial charge in [-0.1, -0.05) is 88.4 Å². The van der Waals surface area contributed by atoms with Crippen LogP contribution in [-0.2, 0) is 23.7 Å². The molecular formula is C28H34O. The second-order valence-corrected chi connectivity index (χ2v) is 9.67. The second-order valence-electron chi connectivity index (χ2n) is 9.67. The normalized spacial score (nSPS) is 12.2. The van der Waals surface area contributed by atoms with Crippen molar-refractivity contribution >= 4 is 0 Å². The highest BCUT2D eigenvalue weighted by Gasteiger charge is 2.28. The Bertz CT molecular complexity index is 995. The molecule has 0 saturated carbocycles. The maximum atomic E-state index is 10.8. The standard InChI is InChI=1S/C28H34O/c1-20-12-7-9-15-24(20)27(3,4)18-22-14-11-17-26(29)23(22)19-28(5,6)25-16-10-8-13-21(25)2/h7-17,29H,18-19H2,1-6H3. The van der Waals surface area contributed by atoms with E-state index in [9.17, 15) is 5.11 Å². The molecule has 152 valence electrons. The summed E-state index contributed by atoms with van der Waals surface area (Å²) < 4.78 is 0. The van der Waals surface area contributed by atoms with Crippen LogP contribution in [0.15, 0.2) is 66.7 Å². The Hall–Kier alpha value is -2.54. The summed E-state index contributed by atoms with van der Waals surface area (Å²) >= 11 is 0. The number of rotatable bonds is 6. The van der Waals surface area contributed by atoms with Gasteiger partial charge in [0.2, 0.25) is 0 Å². The summed E-state index contributed by atoms with van der Waals surface area (Å²) in [5, 5.41) is 10.8. The fourth-order valence-corrected chi connectivity index (χ4v) is 4.76. The molecule has 0 fully saturated rings. The van der Waals surface area contributed by atoms with E-state index in [1.54, 1.807) is 0 Å². The summed E-state index contributed by atoms with van der Waals surface area (Å²) in [4.78, 5) is 0. The molecule has 1 nitrogen and oxygen atoms in total. The van der Waals surface area contributed by atoms with Crippen LogP contribution in [0.1, 0.15) is 61.1 Å². The van der Waals surface area contributed by atoms with Crippen LogP contribution < -0.4 is 0 Å². The number of phenols is 1. The van der Waals surface area contributed by atoms with Gasteiger partial charge in [0.1, 0.15) is 5.75 Å². The van der Waals surface area contributed by atoms with Crippen LogP contribution in [0.25, 0.3) is 0 Å². The highest BCUT2D eigenvalue weighted by Crippen LogP contribution is 2.37. The van der Waals surface area contributed by atoms with Crippen LogP contribution in [0.4, 0.5) is 0 Å². The van der Waals surface area contributed by atoms with Gasteiger partial charge >= 0.3 is 0 Å². The maximum Gasteiger partial charge on any atom is 0.119 e. The molecule has 0 radical (unpaired) electrons. The third-order valence-corrected chi connectivity index (χ3v) is 6.25. The van der Waals surface area contributed by atoms with Gasteiger partial charge < -0.3 is 5.11 Å². The van der Waals surface area contributed by atoms with Crippen LogP contribution in [0.3, 0.4) is 0 Å². The summed E-state index contributed by atoms with van der Waals surface area (Å²) in [7, 11) is 0. The zero-order chi connectivity index (χ0) is 21.2. The molecule has 0 bridgehead atoms. The highest BCUT2D eigenvalue weighted by molar-refractivity contribution is 5.45. The van der Waals surface area contributed by atoms with E-state index in [2.05, 4.69) is 96.1 Å². The minimum absolute atomic E-state index is 0.0132. The number of hydrogen-bond donors (Lipinski definition) is 1. The lowest BCUT2D eigenvalue weighted by molar-refractivity contribution is 0.443. The van der Waals surface area contributed by atoms with Crippen molar-refractivity contribution < 1.29 is 5.11 Å². The lowest BCUT2D eigenvalue weighted by Gasteiger charge is -2.31. The molecule has 0 spiro atoms. The van der Waals surface area contributed by atoms with E-state index in [-0.39, 0.29) is 10.8 Å². The minimum Gasteiger partial charge on any atom is -0.508 e. The van der Waals surface area contributed by atoms with Gasteiger partial charge in [-0.3, -0.25) is 0 Å². The van der Waals surface area contributed by atoms with Gasteiger partial charge in [-0.2, -0.15) is 0 Å². The van der Waals surface area contributed by atoms with E-state index in [1.807, 2.05) is 12.1 Å². The highest BCUT2D eigenvalue weighted by atomic mass is 16.3.